The standard InChI is InChI=1S/C12H22N2O3/c1-3-12(4-2,10(15)16)9-13-11(17)14-7-5-6-8-14/h3-9H2,1-2H3,(H,13,17)(H,15,16). The van der Waals surface area contributed by atoms with Crippen LogP contribution < -0.4 is 5.32 Å². The van der Waals surface area contributed by atoms with Crippen LogP contribution in [0.25, 0.3) is 0 Å². The Morgan fingerprint density at radius 2 is 1.76 bits per heavy atom. The average Bonchev–Trinajstić information content (AvgIpc) is 2.84. The Kier molecular flexibility index (Phi) is 4.78. The lowest BCUT2D eigenvalue weighted by molar-refractivity contribution is -0.149. The Bertz CT molecular complexity index is 281. The number of carboxylic acid groups (broad SMARTS) is 1. The first-order valence-corrected chi connectivity index (χ1v) is 6.32. The van der Waals surface area contributed by atoms with Gasteiger partial charge in [-0.2, -0.15) is 0 Å². The third-order valence-corrected chi connectivity index (χ3v) is 3.78. The number of rotatable bonds is 5. The van der Waals surface area contributed by atoms with E-state index in [9.17, 15) is 14.7 Å². The summed E-state index contributed by atoms with van der Waals surface area (Å²) in [5.74, 6) is -0.829. The molecule has 2 N–H and O–H groups in total. The van der Waals surface area contributed by atoms with Crippen molar-refractivity contribution in [1.29, 1.82) is 0 Å². The van der Waals surface area contributed by atoms with E-state index in [0.717, 1.165) is 25.9 Å². The van der Waals surface area contributed by atoms with Crippen molar-refractivity contribution < 1.29 is 14.7 Å². The number of carboxylic acids is 1. The van der Waals surface area contributed by atoms with Crippen molar-refractivity contribution in [3.05, 3.63) is 0 Å². The molecule has 0 unspecified atom stereocenters. The molecular formula is C12H22N2O3. The lowest BCUT2D eigenvalue weighted by Gasteiger charge is -2.28. The van der Waals surface area contributed by atoms with E-state index in [1.165, 1.54) is 0 Å². The number of nitrogens with one attached hydrogen (secondary N) is 1. The SMILES string of the molecule is CCC(CC)(CNC(=O)N1CCCC1)C(=O)O. The normalized spacial score (nSPS) is 16.0. The first-order valence-electron chi connectivity index (χ1n) is 6.32. The fourth-order valence-electron chi connectivity index (χ4n) is 2.15. The van der Waals surface area contributed by atoms with E-state index in [-0.39, 0.29) is 12.6 Å². The van der Waals surface area contributed by atoms with Crippen molar-refractivity contribution in [1.82, 2.24) is 10.2 Å². The van der Waals surface area contributed by atoms with E-state index < -0.39 is 11.4 Å². The first kappa shape index (κ1) is 13.8. The van der Waals surface area contributed by atoms with Gasteiger partial charge < -0.3 is 15.3 Å². The van der Waals surface area contributed by atoms with Gasteiger partial charge in [-0.1, -0.05) is 13.8 Å². The van der Waals surface area contributed by atoms with Crippen molar-refractivity contribution in [3.63, 3.8) is 0 Å². The van der Waals surface area contributed by atoms with Crippen LogP contribution in [0.1, 0.15) is 39.5 Å². The molecular weight excluding hydrogens is 220 g/mol. The van der Waals surface area contributed by atoms with Crippen LogP contribution in [0, 0.1) is 5.41 Å². The highest BCUT2D eigenvalue weighted by molar-refractivity contribution is 5.78. The summed E-state index contributed by atoms with van der Waals surface area (Å²) in [4.78, 5) is 24.8. The Morgan fingerprint density at radius 3 is 2.18 bits per heavy atom. The smallest absolute Gasteiger partial charge is 0.317 e. The fraction of sp³-hybridized carbons (Fsp3) is 0.833. The van der Waals surface area contributed by atoms with Crippen LogP contribution in [-0.2, 0) is 4.79 Å². The van der Waals surface area contributed by atoms with Crippen LogP contribution in [0.4, 0.5) is 4.79 Å². The van der Waals surface area contributed by atoms with E-state index in [2.05, 4.69) is 5.32 Å². The van der Waals surface area contributed by atoms with Gasteiger partial charge in [-0.15, -0.1) is 0 Å². The van der Waals surface area contributed by atoms with Crippen LogP contribution in [0.15, 0.2) is 0 Å². The van der Waals surface area contributed by atoms with Gasteiger partial charge in [0.2, 0.25) is 0 Å². The van der Waals surface area contributed by atoms with Gasteiger partial charge in [0.1, 0.15) is 0 Å². The minimum atomic E-state index is -0.829. The number of nitrogens with zero attached hydrogens (tertiary/aromatic N) is 1. The average molecular weight is 242 g/mol. The summed E-state index contributed by atoms with van der Waals surface area (Å²) < 4.78 is 0. The van der Waals surface area contributed by atoms with Crippen molar-refractivity contribution in [2.24, 2.45) is 5.41 Å². The molecule has 0 spiro atoms. The highest BCUT2D eigenvalue weighted by Gasteiger charge is 2.35. The molecule has 17 heavy (non-hydrogen) atoms. The molecule has 0 saturated carbocycles. The number of likely N-dealkylation sites (tertiary alicyclic amines) is 1. The topological polar surface area (TPSA) is 69.6 Å². The maximum absolute atomic E-state index is 11.8. The maximum Gasteiger partial charge on any atom is 0.317 e. The molecule has 0 aromatic rings. The monoisotopic (exact) mass is 242 g/mol. The van der Waals surface area contributed by atoms with E-state index in [4.69, 9.17) is 0 Å². The molecule has 98 valence electrons. The molecule has 5 nitrogen and oxygen atoms in total. The number of amides is 2. The van der Waals surface area contributed by atoms with Crippen LogP contribution in [-0.4, -0.2) is 41.6 Å². The molecule has 5 heteroatoms. The minimum Gasteiger partial charge on any atom is -0.481 e. The Labute approximate surface area is 102 Å². The number of urea groups is 1. The summed E-state index contributed by atoms with van der Waals surface area (Å²) in [6, 6.07) is -0.130. The fourth-order valence-corrected chi connectivity index (χ4v) is 2.15. The lowest BCUT2D eigenvalue weighted by Crippen LogP contribution is -2.46. The second-order valence-corrected chi connectivity index (χ2v) is 4.65. The quantitative estimate of drug-likeness (QED) is 0.770. The van der Waals surface area contributed by atoms with E-state index in [1.54, 1.807) is 4.90 Å². The predicted octanol–water partition coefficient (Wildman–Crippen LogP) is 1.68. The number of carbonyl (C=O) groups is 2. The Hall–Kier alpha value is -1.26. The Balaban J connectivity index is 2.51. The first-order chi connectivity index (χ1) is 8.05. The van der Waals surface area contributed by atoms with Gasteiger partial charge in [0.15, 0.2) is 0 Å². The second kappa shape index (κ2) is 5.89. The zero-order chi connectivity index (χ0) is 12.9. The molecule has 1 aliphatic rings. The van der Waals surface area contributed by atoms with Gasteiger partial charge in [0, 0.05) is 19.6 Å². The van der Waals surface area contributed by atoms with Crippen LogP contribution in [0.3, 0.4) is 0 Å². The molecule has 1 saturated heterocycles. The van der Waals surface area contributed by atoms with Crippen LogP contribution >= 0.6 is 0 Å². The molecule has 1 fully saturated rings. The van der Waals surface area contributed by atoms with E-state index in [1.807, 2.05) is 13.8 Å². The van der Waals surface area contributed by atoms with Gasteiger partial charge >= 0.3 is 12.0 Å². The molecule has 2 amide bonds. The minimum absolute atomic E-state index is 0.130. The van der Waals surface area contributed by atoms with Crippen molar-refractivity contribution in [2.75, 3.05) is 19.6 Å². The number of aliphatic carboxylic acids is 1. The lowest BCUT2D eigenvalue weighted by atomic mass is 9.82. The Morgan fingerprint density at radius 1 is 1.24 bits per heavy atom. The highest BCUT2D eigenvalue weighted by atomic mass is 16.4. The van der Waals surface area contributed by atoms with Gasteiger partial charge in [-0.3, -0.25) is 4.79 Å². The van der Waals surface area contributed by atoms with Gasteiger partial charge in [0.25, 0.3) is 0 Å². The molecule has 0 aliphatic carbocycles. The van der Waals surface area contributed by atoms with Gasteiger partial charge in [-0.25, -0.2) is 4.79 Å². The summed E-state index contributed by atoms with van der Waals surface area (Å²) in [7, 11) is 0. The molecule has 0 atom stereocenters. The molecule has 1 rings (SSSR count). The van der Waals surface area contributed by atoms with E-state index >= 15 is 0 Å². The van der Waals surface area contributed by atoms with E-state index in [0.29, 0.717) is 12.8 Å². The molecule has 0 aromatic carbocycles. The third kappa shape index (κ3) is 3.11. The predicted molar refractivity (Wildman–Crippen MR) is 64.9 cm³/mol. The number of hydrogen-bond donors (Lipinski definition) is 2. The summed E-state index contributed by atoms with van der Waals surface area (Å²) >= 11 is 0. The summed E-state index contributed by atoms with van der Waals surface area (Å²) in [5.41, 5.74) is -0.824. The largest absolute Gasteiger partial charge is 0.481 e. The highest BCUT2D eigenvalue weighted by Crippen LogP contribution is 2.25. The van der Waals surface area contributed by atoms with Crippen LogP contribution in [0.2, 0.25) is 0 Å². The van der Waals surface area contributed by atoms with Crippen molar-refractivity contribution >= 4 is 12.0 Å². The zero-order valence-electron chi connectivity index (χ0n) is 10.7. The summed E-state index contributed by atoms with van der Waals surface area (Å²) in [6.45, 7) is 5.47. The van der Waals surface area contributed by atoms with Crippen LogP contribution in [0.5, 0.6) is 0 Å². The summed E-state index contributed by atoms with van der Waals surface area (Å²) in [6.07, 6.45) is 3.14. The van der Waals surface area contributed by atoms with Crippen molar-refractivity contribution in [3.8, 4) is 0 Å². The zero-order valence-corrected chi connectivity index (χ0v) is 10.7. The molecule has 1 heterocycles. The van der Waals surface area contributed by atoms with Crippen molar-refractivity contribution in [2.45, 2.75) is 39.5 Å². The molecule has 0 bridgehead atoms. The molecule has 0 aromatic heterocycles. The number of carbonyl (C=O) groups excluding carboxylic acids is 1. The maximum atomic E-state index is 11.8. The second-order valence-electron chi connectivity index (χ2n) is 4.65. The summed E-state index contributed by atoms with van der Waals surface area (Å²) in [5, 5.41) is 12.0. The molecule has 0 radical (unpaired) electrons. The number of hydrogen-bond acceptors (Lipinski definition) is 2. The molecule has 1 aliphatic heterocycles. The van der Waals surface area contributed by atoms with Gasteiger partial charge in [-0.05, 0) is 25.7 Å². The van der Waals surface area contributed by atoms with Gasteiger partial charge in [0.05, 0.1) is 5.41 Å². The third-order valence-electron chi connectivity index (χ3n) is 3.78.